The minimum Gasteiger partial charge on any atom is -0.460 e. The molecule has 0 saturated carbocycles. The van der Waals surface area contributed by atoms with Crippen LogP contribution < -0.4 is 5.73 Å². The normalized spacial score (nSPS) is 22.6. The Hall–Kier alpha value is -1.79. The molecule has 0 aliphatic carbocycles. The molecule has 1 aliphatic heterocycles. The summed E-state index contributed by atoms with van der Waals surface area (Å²) in [5.74, 6) is -1.18. The SMILES string of the molecule is CC(C)(C)OC(=O)CCO[C@H]1[C@H](OCCC(=O)OC(C)(C)C)[C@@H](CN)OC[C@@H]1OCCC(=O)OC(C)(C)C. The lowest BCUT2D eigenvalue weighted by atomic mass is 9.99. The van der Waals surface area contributed by atoms with Gasteiger partial charge < -0.3 is 38.9 Å². The Kier molecular flexibility index (Phi) is 13.6. The van der Waals surface area contributed by atoms with Crippen LogP contribution in [0.25, 0.3) is 0 Å². The number of esters is 3. The predicted octanol–water partition coefficient (Wildman–Crippen LogP) is 2.69. The van der Waals surface area contributed by atoms with Crippen LogP contribution in [-0.4, -0.2) is 92.1 Å². The predicted molar refractivity (Wildman–Crippen MR) is 139 cm³/mol. The highest BCUT2D eigenvalue weighted by atomic mass is 16.6. The van der Waals surface area contributed by atoms with E-state index < -0.39 is 53.2 Å². The third-order valence-electron chi connectivity index (χ3n) is 4.89. The van der Waals surface area contributed by atoms with Crippen LogP contribution in [0.4, 0.5) is 0 Å². The van der Waals surface area contributed by atoms with Gasteiger partial charge in [0.25, 0.3) is 0 Å². The Labute approximate surface area is 227 Å². The summed E-state index contributed by atoms with van der Waals surface area (Å²) >= 11 is 0. The summed E-state index contributed by atoms with van der Waals surface area (Å²) in [4.78, 5) is 36.5. The van der Waals surface area contributed by atoms with E-state index in [2.05, 4.69) is 0 Å². The molecule has 1 rings (SSSR count). The summed E-state index contributed by atoms with van der Waals surface area (Å²) in [5.41, 5.74) is 4.12. The Bertz CT molecular complexity index is 750. The lowest BCUT2D eigenvalue weighted by Crippen LogP contribution is -2.58. The molecule has 0 unspecified atom stereocenters. The molecule has 1 heterocycles. The quantitative estimate of drug-likeness (QED) is 0.269. The Morgan fingerprint density at radius 3 is 1.39 bits per heavy atom. The van der Waals surface area contributed by atoms with Crippen molar-refractivity contribution < 1.29 is 47.5 Å². The maximum Gasteiger partial charge on any atom is 0.308 e. The van der Waals surface area contributed by atoms with Crippen LogP contribution in [0.3, 0.4) is 0 Å². The van der Waals surface area contributed by atoms with Crippen molar-refractivity contribution in [1.82, 2.24) is 0 Å². The van der Waals surface area contributed by atoms with E-state index in [0.29, 0.717) is 0 Å². The maximum absolute atomic E-state index is 12.2. The molecule has 4 atom stereocenters. The second kappa shape index (κ2) is 15.1. The molecule has 0 spiro atoms. The van der Waals surface area contributed by atoms with Gasteiger partial charge in [0.2, 0.25) is 0 Å². The number of carbonyl (C=O) groups is 3. The standard InChI is InChI=1S/C27H49NO10/c1-25(2,3)36-20(29)10-13-32-19-17-35-18(16-28)23(33-14-11-21(30)37-26(4,5)6)24(19)34-15-12-22(31)38-27(7,8)9/h18-19,23-24H,10-17,28H2,1-9H3/t18-,19+,23-,24-/m1/s1. The van der Waals surface area contributed by atoms with Crippen LogP contribution in [0, 0.1) is 0 Å². The third-order valence-corrected chi connectivity index (χ3v) is 4.89. The third kappa shape index (κ3) is 15.0. The van der Waals surface area contributed by atoms with Crippen molar-refractivity contribution in [1.29, 1.82) is 0 Å². The minimum absolute atomic E-state index is 0.0250. The first-order chi connectivity index (χ1) is 17.4. The summed E-state index contributed by atoms with van der Waals surface area (Å²) < 4.78 is 40.0. The second-order valence-corrected chi connectivity index (χ2v) is 12.2. The lowest BCUT2D eigenvalue weighted by Gasteiger charge is -2.42. The molecule has 1 saturated heterocycles. The van der Waals surface area contributed by atoms with Crippen molar-refractivity contribution in [3.05, 3.63) is 0 Å². The number of carbonyl (C=O) groups excluding carboxylic acids is 3. The molecule has 0 aromatic heterocycles. The van der Waals surface area contributed by atoms with Crippen molar-refractivity contribution in [2.75, 3.05) is 33.0 Å². The molecular formula is C27H49NO10. The van der Waals surface area contributed by atoms with Gasteiger partial charge in [-0.1, -0.05) is 0 Å². The molecule has 0 amide bonds. The van der Waals surface area contributed by atoms with Crippen molar-refractivity contribution in [3.63, 3.8) is 0 Å². The van der Waals surface area contributed by atoms with Crippen molar-refractivity contribution in [2.45, 2.75) is 123 Å². The molecule has 0 bridgehead atoms. The van der Waals surface area contributed by atoms with Gasteiger partial charge in [0.15, 0.2) is 0 Å². The van der Waals surface area contributed by atoms with E-state index in [0.717, 1.165) is 0 Å². The number of nitrogens with two attached hydrogens (primary N) is 1. The van der Waals surface area contributed by atoms with E-state index in [-0.39, 0.29) is 58.2 Å². The number of ether oxygens (including phenoxy) is 7. The second-order valence-electron chi connectivity index (χ2n) is 12.2. The number of hydrogen-bond donors (Lipinski definition) is 1. The first-order valence-electron chi connectivity index (χ1n) is 13.2. The molecule has 222 valence electrons. The smallest absolute Gasteiger partial charge is 0.308 e. The fourth-order valence-electron chi connectivity index (χ4n) is 3.61. The fourth-order valence-corrected chi connectivity index (χ4v) is 3.61. The van der Waals surface area contributed by atoms with Gasteiger partial charge in [-0.3, -0.25) is 14.4 Å². The van der Waals surface area contributed by atoms with E-state index in [1.807, 2.05) is 0 Å². The summed E-state index contributed by atoms with van der Waals surface area (Å²) in [6.45, 7) is 16.6. The zero-order valence-corrected chi connectivity index (χ0v) is 24.6. The van der Waals surface area contributed by atoms with E-state index in [9.17, 15) is 14.4 Å². The minimum atomic E-state index is -0.679. The van der Waals surface area contributed by atoms with E-state index in [1.165, 1.54) is 0 Å². The molecule has 0 radical (unpaired) electrons. The lowest BCUT2D eigenvalue weighted by molar-refractivity contribution is -0.229. The summed E-state index contributed by atoms with van der Waals surface area (Å²) in [5, 5.41) is 0. The monoisotopic (exact) mass is 547 g/mol. The van der Waals surface area contributed by atoms with Crippen LogP contribution in [0.15, 0.2) is 0 Å². The van der Waals surface area contributed by atoms with Crippen LogP contribution in [-0.2, 0) is 47.5 Å². The van der Waals surface area contributed by atoms with E-state index >= 15 is 0 Å². The highest BCUT2D eigenvalue weighted by Crippen LogP contribution is 2.25. The Morgan fingerprint density at radius 2 is 1.03 bits per heavy atom. The number of rotatable bonds is 13. The summed E-state index contributed by atoms with van der Waals surface area (Å²) in [6.07, 6.45) is -2.38. The molecule has 38 heavy (non-hydrogen) atoms. The van der Waals surface area contributed by atoms with Crippen LogP contribution >= 0.6 is 0 Å². The van der Waals surface area contributed by atoms with Gasteiger partial charge in [-0.15, -0.1) is 0 Å². The van der Waals surface area contributed by atoms with Gasteiger partial charge in [0.05, 0.1) is 51.8 Å². The van der Waals surface area contributed by atoms with Gasteiger partial charge in [0, 0.05) is 6.54 Å². The molecule has 0 aromatic rings. The van der Waals surface area contributed by atoms with Gasteiger partial charge in [-0.2, -0.15) is 0 Å². The first-order valence-corrected chi connectivity index (χ1v) is 13.2. The summed E-state index contributed by atoms with van der Waals surface area (Å²) in [6, 6.07) is 0. The molecule has 1 aliphatic rings. The van der Waals surface area contributed by atoms with Crippen LogP contribution in [0.1, 0.15) is 81.6 Å². The molecule has 11 heteroatoms. The zero-order chi connectivity index (χ0) is 29.1. The van der Waals surface area contributed by atoms with Crippen molar-refractivity contribution >= 4 is 17.9 Å². The average Bonchev–Trinajstić information content (AvgIpc) is 2.71. The topological polar surface area (TPSA) is 142 Å². The van der Waals surface area contributed by atoms with Gasteiger partial charge in [0.1, 0.15) is 35.1 Å². The summed E-state index contributed by atoms with van der Waals surface area (Å²) in [7, 11) is 0. The Morgan fingerprint density at radius 1 is 0.658 bits per heavy atom. The van der Waals surface area contributed by atoms with Gasteiger partial charge >= 0.3 is 17.9 Å². The van der Waals surface area contributed by atoms with Crippen LogP contribution in [0.5, 0.6) is 0 Å². The van der Waals surface area contributed by atoms with Gasteiger partial charge in [-0.05, 0) is 62.3 Å². The van der Waals surface area contributed by atoms with Gasteiger partial charge in [-0.25, -0.2) is 0 Å². The molecule has 11 nitrogen and oxygen atoms in total. The maximum atomic E-state index is 12.2. The largest absolute Gasteiger partial charge is 0.460 e. The highest BCUT2D eigenvalue weighted by molar-refractivity contribution is 5.70. The zero-order valence-electron chi connectivity index (χ0n) is 24.6. The van der Waals surface area contributed by atoms with Crippen molar-refractivity contribution in [3.8, 4) is 0 Å². The fraction of sp³-hybridized carbons (Fsp3) is 0.889. The molecule has 2 N–H and O–H groups in total. The van der Waals surface area contributed by atoms with E-state index in [1.54, 1.807) is 62.3 Å². The Balaban J connectivity index is 2.87. The van der Waals surface area contributed by atoms with E-state index in [4.69, 9.17) is 38.9 Å². The molecule has 0 aromatic carbocycles. The highest BCUT2D eigenvalue weighted by Gasteiger charge is 2.42. The number of hydrogen-bond acceptors (Lipinski definition) is 11. The average molecular weight is 548 g/mol. The van der Waals surface area contributed by atoms with Crippen molar-refractivity contribution in [2.24, 2.45) is 5.73 Å². The molecular weight excluding hydrogens is 498 g/mol. The first kappa shape index (κ1) is 34.2. The van der Waals surface area contributed by atoms with Crippen LogP contribution in [0.2, 0.25) is 0 Å². The molecule has 1 fully saturated rings.